The van der Waals surface area contributed by atoms with Gasteiger partial charge in [0, 0.05) is 36.9 Å². The number of nitro benzene ring substituents is 1. The predicted molar refractivity (Wildman–Crippen MR) is 114 cm³/mol. The highest BCUT2D eigenvalue weighted by molar-refractivity contribution is 6.07. The zero-order chi connectivity index (χ0) is 22.7. The Morgan fingerprint density at radius 1 is 1.26 bits per heavy atom. The van der Waals surface area contributed by atoms with Gasteiger partial charge in [-0.3, -0.25) is 14.9 Å². The van der Waals surface area contributed by atoms with E-state index < -0.39 is 28.7 Å². The maximum atomic E-state index is 13.3. The number of nitrogens with zero attached hydrogens (tertiary/aromatic N) is 3. The average Bonchev–Trinajstić information content (AvgIpc) is 3.26. The molecule has 9 nitrogen and oxygen atoms in total. The van der Waals surface area contributed by atoms with Crippen LogP contribution in [0.15, 0.2) is 40.7 Å². The van der Waals surface area contributed by atoms with E-state index in [0.29, 0.717) is 17.1 Å². The fourth-order valence-corrected chi connectivity index (χ4v) is 4.13. The average molecular weight is 429 g/mol. The quantitative estimate of drug-likeness (QED) is 0.388. The molecule has 166 valence electrons. The molecule has 1 aromatic rings. The Morgan fingerprint density at radius 2 is 1.94 bits per heavy atom. The van der Waals surface area contributed by atoms with Gasteiger partial charge in [0.1, 0.15) is 11.7 Å². The number of hydrogen-bond donors (Lipinski definition) is 0. The van der Waals surface area contributed by atoms with Crippen molar-refractivity contribution in [1.29, 1.82) is 0 Å². The molecule has 2 unspecified atom stereocenters. The minimum atomic E-state index is -0.895. The van der Waals surface area contributed by atoms with E-state index in [4.69, 9.17) is 9.47 Å². The van der Waals surface area contributed by atoms with Gasteiger partial charge in [0.15, 0.2) is 0 Å². The standard InChI is InChI=1S/C22H27N3O6/c1-13(2)31-22(27)19-18(15-8-7-9-16(12-15)25(28)29)17(21(26)30-4)14(3)23-20(19)24-10-5-6-11-24/h7-9,12-13,17-18H,5-6,10-11H2,1-4H3. The molecule has 2 aliphatic rings. The number of nitro groups is 1. The largest absolute Gasteiger partial charge is 0.468 e. The summed E-state index contributed by atoms with van der Waals surface area (Å²) in [5.74, 6) is -2.39. The molecule has 31 heavy (non-hydrogen) atoms. The van der Waals surface area contributed by atoms with Crippen LogP contribution >= 0.6 is 0 Å². The Labute approximate surface area is 180 Å². The van der Waals surface area contributed by atoms with Gasteiger partial charge in [0.2, 0.25) is 0 Å². The lowest BCUT2D eigenvalue weighted by atomic mass is 9.76. The van der Waals surface area contributed by atoms with Gasteiger partial charge in [-0.15, -0.1) is 0 Å². The lowest BCUT2D eigenvalue weighted by molar-refractivity contribution is -0.384. The van der Waals surface area contributed by atoms with Gasteiger partial charge in [-0.05, 0) is 39.2 Å². The third kappa shape index (κ3) is 4.60. The van der Waals surface area contributed by atoms with Gasteiger partial charge < -0.3 is 14.4 Å². The molecule has 0 spiro atoms. The van der Waals surface area contributed by atoms with E-state index in [1.54, 1.807) is 32.9 Å². The number of methoxy groups -OCH3 is 1. The number of carbonyl (C=O) groups is 2. The molecule has 1 saturated heterocycles. The Morgan fingerprint density at radius 3 is 2.52 bits per heavy atom. The van der Waals surface area contributed by atoms with Crippen molar-refractivity contribution in [2.75, 3.05) is 20.2 Å². The first-order valence-electron chi connectivity index (χ1n) is 10.3. The van der Waals surface area contributed by atoms with E-state index >= 15 is 0 Å². The number of ether oxygens (including phenoxy) is 2. The molecule has 0 amide bonds. The third-order valence-electron chi connectivity index (χ3n) is 5.48. The van der Waals surface area contributed by atoms with Gasteiger partial charge >= 0.3 is 11.9 Å². The van der Waals surface area contributed by atoms with Gasteiger partial charge in [0.25, 0.3) is 5.69 Å². The number of esters is 2. The van der Waals surface area contributed by atoms with Gasteiger partial charge in [0.05, 0.1) is 23.7 Å². The Hall–Kier alpha value is -3.23. The summed E-state index contributed by atoms with van der Waals surface area (Å²) >= 11 is 0. The highest BCUT2D eigenvalue weighted by Crippen LogP contribution is 2.42. The van der Waals surface area contributed by atoms with Gasteiger partial charge in [-0.1, -0.05) is 12.1 Å². The lowest BCUT2D eigenvalue weighted by Crippen LogP contribution is -2.39. The molecule has 0 saturated carbocycles. The molecule has 2 heterocycles. The first kappa shape index (κ1) is 22.5. The van der Waals surface area contributed by atoms with Crippen LogP contribution in [0.4, 0.5) is 5.69 Å². The van der Waals surface area contributed by atoms with Crippen molar-refractivity contribution >= 4 is 23.3 Å². The van der Waals surface area contributed by atoms with E-state index in [2.05, 4.69) is 4.99 Å². The second-order valence-electron chi connectivity index (χ2n) is 7.97. The predicted octanol–water partition coefficient (Wildman–Crippen LogP) is 3.20. The summed E-state index contributed by atoms with van der Waals surface area (Å²) in [5, 5.41) is 11.4. The Bertz CT molecular complexity index is 946. The monoisotopic (exact) mass is 429 g/mol. The van der Waals surface area contributed by atoms with E-state index in [1.165, 1.54) is 19.2 Å². The molecule has 2 aliphatic heterocycles. The van der Waals surface area contributed by atoms with Gasteiger partial charge in [-0.25, -0.2) is 9.79 Å². The van der Waals surface area contributed by atoms with Crippen molar-refractivity contribution in [2.45, 2.75) is 45.6 Å². The van der Waals surface area contributed by atoms with E-state index in [9.17, 15) is 19.7 Å². The van der Waals surface area contributed by atoms with Crippen molar-refractivity contribution in [3.63, 3.8) is 0 Å². The summed E-state index contributed by atoms with van der Waals surface area (Å²) in [6.45, 7) is 6.66. The molecule has 3 rings (SSSR count). The van der Waals surface area contributed by atoms with Crippen LogP contribution in [0.25, 0.3) is 0 Å². The minimum absolute atomic E-state index is 0.124. The van der Waals surface area contributed by atoms with Crippen LogP contribution in [0.1, 0.15) is 45.1 Å². The van der Waals surface area contributed by atoms with Crippen LogP contribution in [0.5, 0.6) is 0 Å². The summed E-state index contributed by atoms with van der Waals surface area (Å²) < 4.78 is 10.5. The van der Waals surface area contributed by atoms with Crippen LogP contribution in [-0.4, -0.2) is 53.8 Å². The molecule has 0 bridgehead atoms. The zero-order valence-electron chi connectivity index (χ0n) is 18.2. The van der Waals surface area contributed by atoms with E-state index in [-0.39, 0.29) is 17.4 Å². The zero-order valence-corrected chi connectivity index (χ0v) is 18.2. The number of rotatable bonds is 6. The smallest absolute Gasteiger partial charge is 0.338 e. The van der Waals surface area contributed by atoms with Crippen LogP contribution < -0.4 is 0 Å². The molecule has 0 N–H and O–H groups in total. The molecule has 0 radical (unpaired) electrons. The van der Waals surface area contributed by atoms with Crippen molar-refractivity contribution in [2.24, 2.45) is 10.9 Å². The van der Waals surface area contributed by atoms with Crippen LogP contribution in [0.2, 0.25) is 0 Å². The van der Waals surface area contributed by atoms with Gasteiger partial charge in [-0.2, -0.15) is 0 Å². The Balaban J connectivity index is 2.25. The normalized spacial score (nSPS) is 21.2. The summed E-state index contributed by atoms with van der Waals surface area (Å²) in [7, 11) is 1.27. The van der Waals surface area contributed by atoms with E-state index in [0.717, 1.165) is 25.9 Å². The number of non-ortho nitro benzene ring substituents is 1. The second kappa shape index (κ2) is 9.28. The number of hydrogen-bond acceptors (Lipinski definition) is 8. The summed E-state index contributed by atoms with van der Waals surface area (Å²) in [5.41, 5.74) is 1.07. The highest BCUT2D eigenvalue weighted by Gasteiger charge is 2.45. The molecule has 0 aromatic heterocycles. The molecular weight excluding hydrogens is 402 g/mol. The number of carbonyl (C=O) groups excluding carboxylic acids is 2. The van der Waals surface area contributed by atoms with Crippen molar-refractivity contribution < 1.29 is 24.0 Å². The molecule has 1 aromatic carbocycles. The van der Waals surface area contributed by atoms with Crippen LogP contribution in [-0.2, 0) is 19.1 Å². The molecular formula is C22H27N3O6. The summed E-state index contributed by atoms with van der Waals surface area (Å²) in [6.07, 6.45) is 1.55. The minimum Gasteiger partial charge on any atom is -0.468 e. The third-order valence-corrected chi connectivity index (χ3v) is 5.48. The fourth-order valence-electron chi connectivity index (χ4n) is 4.13. The Kier molecular flexibility index (Phi) is 6.72. The van der Waals surface area contributed by atoms with Crippen LogP contribution in [0.3, 0.4) is 0 Å². The van der Waals surface area contributed by atoms with Crippen molar-refractivity contribution in [3.05, 3.63) is 51.3 Å². The molecule has 9 heteroatoms. The van der Waals surface area contributed by atoms with Crippen molar-refractivity contribution in [3.8, 4) is 0 Å². The summed E-state index contributed by atoms with van der Waals surface area (Å²) in [4.78, 5) is 43.6. The van der Waals surface area contributed by atoms with Crippen molar-refractivity contribution in [1.82, 2.24) is 4.90 Å². The number of benzene rings is 1. The number of aliphatic imine (C=N–C) groups is 1. The highest BCUT2D eigenvalue weighted by atomic mass is 16.6. The summed E-state index contributed by atoms with van der Waals surface area (Å²) in [6, 6.07) is 5.99. The lowest BCUT2D eigenvalue weighted by Gasteiger charge is -2.34. The first-order chi connectivity index (χ1) is 14.7. The SMILES string of the molecule is COC(=O)C1C(C)=NC(N2CCCC2)=C(C(=O)OC(C)C)C1c1cccc([N+](=O)[O-])c1. The first-order valence-corrected chi connectivity index (χ1v) is 10.3. The fraction of sp³-hybridized carbons (Fsp3) is 0.500. The number of likely N-dealkylation sites (tertiary alicyclic amines) is 1. The van der Waals surface area contributed by atoms with Crippen LogP contribution in [0, 0.1) is 16.0 Å². The maximum absolute atomic E-state index is 13.3. The molecule has 2 atom stereocenters. The molecule has 1 fully saturated rings. The topological polar surface area (TPSA) is 111 Å². The molecule has 0 aliphatic carbocycles. The maximum Gasteiger partial charge on any atom is 0.338 e. The second-order valence-corrected chi connectivity index (χ2v) is 7.97. The van der Waals surface area contributed by atoms with E-state index in [1.807, 2.05) is 4.90 Å².